The van der Waals surface area contributed by atoms with E-state index in [0.29, 0.717) is 17.8 Å². The summed E-state index contributed by atoms with van der Waals surface area (Å²) >= 11 is 0. The molecule has 0 saturated heterocycles. The average molecular weight is 403 g/mol. The highest BCUT2D eigenvalue weighted by Gasteiger charge is 2.25. The minimum Gasteiger partial charge on any atom is -0.395 e. The van der Waals surface area contributed by atoms with Crippen LogP contribution in [0.1, 0.15) is 32.6 Å². The molecule has 0 spiro atoms. The first-order chi connectivity index (χ1) is 8.71. The third-order valence-corrected chi connectivity index (χ3v) is 4.99. The fourth-order valence-corrected chi connectivity index (χ4v) is 3.66. The van der Waals surface area contributed by atoms with Crippen molar-refractivity contribution in [3.05, 3.63) is 0 Å². The second-order valence-corrected chi connectivity index (χ2v) is 6.53. The van der Waals surface area contributed by atoms with Crippen molar-refractivity contribution in [2.45, 2.75) is 43.9 Å². The number of nitrogens with zero attached hydrogens (tertiary/aromatic N) is 1. The molecule has 1 saturated carbocycles. The van der Waals surface area contributed by atoms with Crippen LogP contribution < -0.4 is 10.6 Å². The van der Waals surface area contributed by atoms with Crippen LogP contribution >= 0.6 is 24.0 Å². The zero-order chi connectivity index (χ0) is 13.4. The van der Waals surface area contributed by atoms with Gasteiger partial charge in [0.05, 0.1) is 6.61 Å². The summed E-state index contributed by atoms with van der Waals surface area (Å²) < 4.78 is 11.8. The van der Waals surface area contributed by atoms with Gasteiger partial charge in [0.15, 0.2) is 5.96 Å². The van der Waals surface area contributed by atoms with Crippen LogP contribution in [0.3, 0.4) is 0 Å². The maximum atomic E-state index is 11.8. The fraction of sp³-hybridized carbons (Fsp3) is 0.917. The van der Waals surface area contributed by atoms with Crippen LogP contribution in [0.25, 0.3) is 0 Å². The van der Waals surface area contributed by atoms with Gasteiger partial charge in [-0.15, -0.1) is 24.0 Å². The molecule has 0 aromatic rings. The van der Waals surface area contributed by atoms with Crippen LogP contribution in [-0.4, -0.2) is 52.5 Å². The molecule has 1 rings (SSSR count). The Morgan fingerprint density at radius 3 is 2.79 bits per heavy atom. The van der Waals surface area contributed by atoms with Crippen LogP contribution in [0, 0.1) is 0 Å². The van der Waals surface area contributed by atoms with Gasteiger partial charge in [-0.3, -0.25) is 9.20 Å². The first kappa shape index (κ1) is 19.1. The lowest BCUT2D eigenvalue weighted by Crippen LogP contribution is -2.47. The maximum absolute atomic E-state index is 11.8. The van der Waals surface area contributed by atoms with Crippen molar-refractivity contribution in [1.29, 1.82) is 0 Å². The summed E-state index contributed by atoms with van der Waals surface area (Å²) in [5.41, 5.74) is 0. The summed E-state index contributed by atoms with van der Waals surface area (Å²) in [6.07, 6.45) is 4.23. The average Bonchev–Trinajstić information content (AvgIpc) is 2.42. The summed E-state index contributed by atoms with van der Waals surface area (Å²) in [5.74, 6) is 1.46. The van der Waals surface area contributed by atoms with E-state index in [4.69, 9.17) is 5.11 Å². The van der Waals surface area contributed by atoms with Crippen LogP contribution in [0.5, 0.6) is 0 Å². The molecule has 0 radical (unpaired) electrons. The second kappa shape index (κ2) is 10.8. The van der Waals surface area contributed by atoms with E-state index < -0.39 is 10.8 Å². The quantitative estimate of drug-likeness (QED) is 0.362. The summed E-state index contributed by atoms with van der Waals surface area (Å²) in [6.45, 7) is 2.57. The molecule has 3 N–H and O–H groups in total. The van der Waals surface area contributed by atoms with Crippen LogP contribution in [0.4, 0.5) is 0 Å². The second-order valence-electron chi connectivity index (χ2n) is 4.52. The number of nitrogens with one attached hydrogen (secondary N) is 2. The number of halogens is 1. The Morgan fingerprint density at radius 1 is 1.47 bits per heavy atom. The molecule has 3 atom stereocenters. The molecule has 0 aliphatic heterocycles. The number of aliphatic imine (C=N–C) groups is 1. The summed E-state index contributed by atoms with van der Waals surface area (Å²) in [4.78, 5) is 4.12. The zero-order valence-corrected chi connectivity index (χ0v) is 14.9. The molecule has 0 bridgehead atoms. The first-order valence-corrected chi connectivity index (χ1v) is 8.04. The van der Waals surface area contributed by atoms with Gasteiger partial charge in [-0.25, -0.2) is 0 Å². The van der Waals surface area contributed by atoms with Crippen molar-refractivity contribution in [3.63, 3.8) is 0 Å². The summed E-state index contributed by atoms with van der Waals surface area (Å²) in [5, 5.41) is 15.5. The molecule has 1 fully saturated rings. The molecule has 1 aliphatic rings. The van der Waals surface area contributed by atoms with E-state index in [9.17, 15) is 4.21 Å². The largest absolute Gasteiger partial charge is 0.395 e. The van der Waals surface area contributed by atoms with Gasteiger partial charge >= 0.3 is 0 Å². The maximum Gasteiger partial charge on any atom is 0.191 e. The summed E-state index contributed by atoms with van der Waals surface area (Å²) in [6, 6.07) is 0.337. The van der Waals surface area contributed by atoms with E-state index in [1.807, 2.05) is 6.92 Å². The lowest BCUT2D eigenvalue weighted by molar-refractivity contribution is 0.299. The van der Waals surface area contributed by atoms with Crippen LogP contribution in [-0.2, 0) is 10.8 Å². The van der Waals surface area contributed by atoms with E-state index in [-0.39, 0.29) is 30.6 Å². The number of aliphatic hydroxyl groups excluding tert-OH is 1. The van der Waals surface area contributed by atoms with Gasteiger partial charge in [-0.2, -0.15) is 0 Å². The number of hydrogen-bond donors (Lipinski definition) is 3. The highest BCUT2D eigenvalue weighted by Crippen LogP contribution is 2.22. The number of hydrogen-bond acceptors (Lipinski definition) is 3. The molecule has 7 heteroatoms. The van der Waals surface area contributed by atoms with Gasteiger partial charge in [-0.05, 0) is 19.3 Å². The van der Waals surface area contributed by atoms with E-state index in [2.05, 4.69) is 15.6 Å². The molecular weight excluding hydrogens is 377 g/mol. The minimum atomic E-state index is -0.697. The van der Waals surface area contributed by atoms with Crippen LogP contribution in [0.2, 0.25) is 0 Å². The summed E-state index contributed by atoms with van der Waals surface area (Å²) in [7, 11) is 1.02. The lowest BCUT2D eigenvalue weighted by atomic mass is 9.95. The molecule has 114 valence electrons. The molecule has 19 heavy (non-hydrogen) atoms. The number of guanidine groups is 1. The third-order valence-electron chi connectivity index (χ3n) is 3.25. The molecular formula is C12H26IN3O2S. The van der Waals surface area contributed by atoms with Crippen molar-refractivity contribution < 1.29 is 9.32 Å². The zero-order valence-electron chi connectivity index (χ0n) is 11.7. The smallest absolute Gasteiger partial charge is 0.191 e. The van der Waals surface area contributed by atoms with Crippen molar-refractivity contribution in [2.24, 2.45) is 4.99 Å². The van der Waals surface area contributed by atoms with Crippen molar-refractivity contribution >= 4 is 40.7 Å². The molecule has 0 amide bonds. The van der Waals surface area contributed by atoms with Crippen LogP contribution in [0.15, 0.2) is 4.99 Å². The standard InChI is InChI=1S/C12H25N3O2S.HI/c1-3-18(17)11-6-4-5-10(9-11)15-12(13-2)14-7-8-16;/h10-11,16H,3-9H2,1-2H3,(H2,13,14,15);1H. The molecule has 1 aliphatic carbocycles. The monoisotopic (exact) mass is 403 g/mol. The Labute approximate surface area is 135 Å². The Balaban J connectivity index is 0.00000324. The topological polar surface area (TPSA) is 73.7 Å². The van der Waals surface area contributed by atoms with Gasteiger partial charge in [0, 0.05) is 41.4 Å². The van der Waals surface area contributed by atoms with Gasteiger partial charge in [0.2, 0.25) is 0 Å². The Morgan fingerprint density at radius 2 is 2.21 bits per heavy atom. The van der Waals surface area contributed by atoms with Crippen molar-refractivity contribution in [2.75, 3.05) is 26.0 Å². The number of rotatable bonds is 5. The SMILES string of the molecule is CCS(=O)C1CCCC(NC(=NC)NCCO)C1.I. The van der Waals surface area contributed by atoms with E-state index in [1.165, 1.54) is 0 Å². The first-order valence-electron chi connectivity index (χ1n) is 6.66. The normalized spacial score (nSPS) is 25.3. The van der Waals surface area contributed by atoms with Gasteiger partial charge in [0.25, 0.3) is 0 Å². The molecule has 0 aromatic carbocycles. The van der Waals surface area contributed by atoms with Gasteiger partial charge in [0.1, 0.15) is 0 Å². The highest BCUT2D eigenvalue weighted by molar-refractivity contribution is 14.0. The fourth-order valence-electron chi connectivity index (χ4n) is 2.31. The lowest BCUT2D eigenvalue weighted by Gasteiger charge is -2.30. The van der Waals surface area contributed by atoms with E-state index in [1.54, 1.807) is 7.05 Å². The Hall–Kier alpha value is 0.110. The molecule has 5 nitrogen and oxygen atoms in total. The molecule has 0 heterocycles. The van der Waals surface area contributed by atoms with Crippen molar-refractivity contribution in [3.8, 4) is 0 Å². The number of aliphatic hydroxyl groups is 1. The van der Waals surface area contributed by atoms with Gasteiger partial charge < -0.3 is 15.7 Å². The third kappa shape index (κ3) is 6.89. The predicted octanol–water partition coefficient (Wildman–Crippen LogP) is 0.841. The van der Waals surface area contributed by atoms with E-state index >= 15 is 0 Å². The predicted molar refractivity (Wildman–Crippen MR) is 91.7 cm³/mol. The van der Waals surface area contributed by atoms with Gasteiger partial charge in [-0.1, -0.05) is 13.3 Å². The Bertz CT molecular complexity index is 303. The molecule has 0 aromatic heterocycles. The highest BCUT2D eigenvalue weighted by atomic mass is 127. The van der Waals surface area contributed by atoms with E-state index in [0.717, 1.165) is 37.4 Å². The Kier molecular flexibility index (Phi) is 10.9. The molecule has 3 unspecified atom stereocenters. The van der Waals surface area contributed by atoms with Crippen molar-refractivity contribution in [1.82, 2.24) is 10.6 Å². The minimum absolute atomic E-state index is 0.